The van der Waals surface area contributed by atoms with E-state index in [1.54, 1.807) is 11.6 Å². The fraction of sp³-hybridized carbons (Fsp3) is 0.143. The van der Waals surface area contributed by atoms with Crippen LogP contribution in [0.5, 0.6) is 0 Å². The first-order valence-electron chi connectivity index (χ1n) is 14.8. The molecule has 0 saturated heterocycles. The first-order chi connectivity index (χ1) is 20.4. The average Bonchev–Trinajstić information content (AvgIpc) is 3.44. The van der Waals surface area contributed by atoms with Gasteiger partial charge in [0.15, 0.2) is 5.82 Å². The van der Waals surface area contributed by atoms with Gasteiger partial charge in [0, 0.05) is 26.5 Å². The Balaban J connectivity index is 1.51. The van der Waals surface area contributed by atoms with Gasteiger partial charge < -0.3 is 4.42 Å². The molecule has 5 heteroatoms. The maximum atomic E-state index is 14.8. The molecule has 0 saturated carbocycles. The van der Waals surface area contributed by atoms with Crippen LogP contribution < -0.4 is 14.9 Å². The number of nitrogens with zero attached hydrogens (tertiary/aromatic N) is 2. The number of aromatic nitrogens is 1. The lowest BCUT2D eigenvalue weighted by Crippen LogP contribution is -2.49. The minimum Gasteiger partial charge on any atom is -0.454 e. The van der Waals surface area contributed by atoms with E-state index in [4.69, 9.17) is 8.53 Å². The number of benzene rings is 4. The molecule has 0 spiro atoms. The zero-order chi connectivity index (χ0) is 30.4. The number of hydrogen-bond acceptors (Lipinski definition) is 2. The van der Waals surface area contributed by atoms with Gasteiger partial charge in [0.05, 0.1) is 17.2 Å². The van der Waals surface area contributed by atoms with Crippen LogP contribution in [-0.2, 0) is 7.05 Å². The molecule has 0 amide bonds. The van der Waals surface area contributed by atoms with Gasteiger partial charge in [0.1, 0.15) is 26.3 Å². The summed E-state index contributed by atoms with van der Waals surface area (Å²) in [5, 5.41) is 14.7. The molecule has 2 aromatic heterocycles. The van der Waals surface area contributed by atoms with Crippen LogP contribution in [0.15, 0.2) is 83.4 Å². The third kappa shape index (κ3) is 3.30. The number of halogens is 1. The van der Waals surface area contributed by atoms with E-state index < -0.39 is 20.7 Å². The summed E-state index contributed by atoms with van der Waals surface area (Å²) in [5.41, 5.74) is 7.58. The molecule has 0 aliphatic carbocycles. The predicted molar refractivity (Wildman–Crippen MR) is 162 cm³/mol. The molecule has 1 aliphatic rings. The van der Waals surface area contributed by atoms with Crippen molar-refractivity contribution in [2.45, 2.75) is 26.9 Å². The van der Waals surface area contributed by atoms with E-state index in [2.05, 4.69) is 61.6 Å². The van der Waals surface area contributed by atoms with Crippen molar-refractivity contribution in [2.75, 3.05) is 0 Å². The first kappa shape index (κ1) is 21.3. The van der Waals surface area contributed by atoms with Gasteiger partial charge in [-0.1, -0.05) is 67.7 Å². The van der Waals surface area contributed by atoms with E-state index in [-0.39, 0.29) is 5.56 Å². The highest BCUT2D eigenvalue weighted by atomic mass is 28.3. The monoisotopic (exact) mass is 542 g/mol. The Bertz CT molecular complexity index is 2210. The molecule has 3 nitrogen and oxygen atoms in total. The molecule has 7 rings (SSSR count). The van der Waals surface area contributed by atoms with Crippen molar-refractivity contribution in [1.82, 2.24) is 0 Å². The Morgan fingerprint density at radius 2 is 1.60 bits per heavy atom. The lowest BCUT2D eigenvalue weighted by atomic mass is 9.94. The highest BCUT2D eigenvalue weighted by Gasteiger charge is 2.37. The quantitative estimate of drug-likeness (QED) is 0.172. The minimum atomic E-state index is -2.61. The van der Waals surface area contributed by atoms with Crippen LogP contribution in [0.4, 0.5) is 4.39 Å². The summed E-state index contributed by atoms with van der Waals surface area (Å²) in [4.78, 5) is 0. The third-order valence-corrected chi connectivity index (χ3v) is 12.0. The molecule has 0 atom stereocenters. The Morgan fingerprint density at radius 1 is 0.875 bits per heavy atom. The third-order valence-electron chi connectivity index (χ3n) is 8.49. The van der Waals surface area contributed by atoms with Gasteiger partial charge in [-0.05, 0) is 64.1 Å². The molecule has 0 unspecified atom stereocenters. The van der Waals surface area contributed by atoms with Crippen LogP contribution in [0, 0.1) is 30.9 Å². The lowest BCUT2D eigenvalue weighted by molar-refractivity contribution is -0.662. The molecular weight excluding hydrogens is 511 g/mol. The molecule has 0 fully saturated rings. The largest absolute Gasteiger partial charge is 0.454 e. The van der Waals surface area contributed by atoms with Crippen LogP contribution in [-0.4, -0.2) is 8.07 Å². The van der Waals surface area contributed by atoms with E-state index in [0.717, 1.165) is 27.5 Å². The van der Waals surface area contributed by atoms with Gasteiger partial charge in [-0.2, -0.15) is 9.83 Å². The van der Waals surface area contributed by atoms with Gasteiger partial charge in [0.25, 0.3) is 0 Å². The summed E-state index contributed by atoms with van der Waals surface area (Å²) in [6.45, 7) is 4.04. The van der Waals surface area contributed by atoms with Crippen molar-refractivity contribution in [2.24, 2.45) is 7.05 Å². The standard InChI is InChI=1S/C35H28FN2OSi/c1-20-10-13-26-27-15-12-23(18-37)33(35(27)39-34(26)32(20)29-16-21(2)28(36)19-38(29)3)22-11-14-25-24-8-6-7-9-30(24)40(4,5)31(25)17-22/h6-17,19H,1-5H3/q+1/i2D3. The molecule has 6 aromatic rings. The molecule has 4 aromatic carbocycles. The highest BCUT2D eigenvalue weighted by Crippen LogP contribution is 2.42. The SMILES string of the molecule is [2H]C([2H])([2H])c1cc(-c2c(C)ccc3c2oc2c(-c4ccc5c(c4)[Si](C)(C)c4ccccc4-5)c(C#N)ccc23)[n+](C)cc1F. The average molecular weight is 543 g/mol. The maximum absolute atomic E-state index is 14.8. The Labute approximate surface area is 238 Å². The number of fused-ring (bicyclic) bond motifs is 6. The molecule has 194 valence electrons. The van der Waals surface area contributed by atoms with Crippen molar-refractivity contribution in [3.63, 3.8) is 0 Å². The second-order valence-corrected chi connectivity index (χ2v) is 15.5. The maximum Gasteiger partial charge on any atom is 0.216 e. The number of aryl methyl sites for hydroxylation is 3. The van der Waals surface area contributed by atoms with Crippen LogP contribution in [0.3, 0.4) is 0 Å². The van der Waals surface area contributed by atoms with Crippen molar-refractivity contribution in [1.29, 1.82) is 5.26 Å². The van der Waals surface area contributed by atoms with E-state index in [0.29, 0.717) is 28.0 Å². The summed E-state index contributed by atoms with van der Waals surface area (Å²) >= 11 is 0. The van der Waals surface area contributed by atoms with E-state index in [9.17, 15) is 9.65 Å². The van der Waals surface area contributed by atoms with Crippen molar-refractivity contribution in [3.05, 3.63) is 102 Å². The number of pyridine rings is 1. The molecule has 1 aliphatic heterocycles. The molecule has 0 bridgehead atoms. The van der Waals surface area contributed by atoms with Crippen molar-refractivity contribution < 1.29 is 17.5 Å². The molecular formula is C35H28FN2OSi+. The summed E-state index contributed by atoms with van der Waals surface area (Å²) in [6, 6.07) is 26.5. The summed E-state index contributed by atoms with van der Waals surface area (Å²) in [7, 11) is -0.267. The number of furan rings is 1. The van der Waals surface area contributed by atoms with Gasteiger partial charge in [0.2, 0.25) is 11.9 Å². The number of hydrogen-bond donors (Lipinski definition) is 0. The molecule has 3 heterocycles. The first-order valence-corrected chi connectivity index (χ1v) is 16.3. The Hall–Kier alpha value is -4.53. The fourth-order valence-electron chi connectivity index (χ4n) is 6.43. The Morgan fingerprint density at radius 3 is 2.38 bits per heavy atom. The van der Waals surface area contributed by atoms with Gasteiger partial charge >= 0.3 is 0 Å². The zero-order valence-corrected chi connectivity index (χ0v) is 23.7. The van der Waals surface area contributed by atoms with E-state index in [1.165, 1.54) is 33.8 Å². The second-order valence-electron chi connectivity index (χ2n) is 11.2. The molecule has 40 heavy (non-hydrogen) atoms. The molecule has 0 radical (unpaired) electrons. The number of nitriles is 1. The summed E-state index contributed by atoms with van der Waals surface area (Å²) in [6.07, 6.45) is 1.20. The van der Waals surface area contributed by atoms with E-state index in [1.807, 2.05) is 31.2 Å². The van der Waals surface area contributed by atoms with Gasteiger partial charge in [-0.3, -0.25) is 0 Å². The van der Waals surface area contributed by atoms with Crippen LogP contribution in [0.25, 0.3) is 55.4 Å². The number of rotatable bonds is 2. The van der Waals surface area contributed by atoms with Crippen molar-refractivity contribution >= 4 is 40.4 Å². The highest BCUT2D eigenvalue weighted by molar-refractivity contribution is 7.03. The van der Waals surface area contributed by atoms with Crippen LogP contribution >= 0.6 is 0 Å². The topological polar surface area (TPSA) is 40.8 Å². The molecule has 0 N–H and O–H groups in total. The van der Waals surface area contributed by atoms with Crippen LogP contribution in [0.2, 0.25) is 13.1 Å². The predicted octanol–water partition coefficient (Wildman–Crippen LogP) is 7.18. The zero-order valence-electron chi connectivity index (χ0n) is 25.7. The minimum absolute atomic E-state index is 0.341. The van der Waals surface area contributed by atoms with E-state index >= 15 is 0 Å². The van der Waals surface area contributed by atoms with Crippen molar-refractivity contribution in [3.8, 4) is 39.6 Å². The lowest BCUT2D eigenvalue weighted by Gasteiger charge is -2.19. The second kappa shape index (κ2) is 8.48. The van der Waals surface area contributed by atoms with Crippen LogP contribution in [0.1, 0.15) is 20.8 Å². The summed E-state index contributed by atoms with van der Waals surface area (Å²) < 4.78 is 46.7. The Kier molecular flexibility index (Phi) is 4.52. The fourth-order valence-corrected chi connectivity index (χ4v) is 9.53. The smallest absolute Gasteiger partial charge is 0.216 e. The normalized spacial score (nSPS) is 14.8. The van der Waals surface area contributed by atoms with Gasteiger partial charge in [-0.25, -0.2) is 4.39 Å². The summed E-state index contributed by atoms with van der Waals surface area (Å²) in [5.74, 6) is -0.785. The van der Waals surface area contributed by atoms with Gasteiger partial charge in [-0.15, -0.1) is 0 Å².